The zero-order chi connectivity index (χ0) is 21.1. The Hall–Kier alpha value is -2.64. The molecule has 0 saturated carbocycles. The molecule has 2 aromatic heterocycles. The van der Waals surface area contributed by atoms with E-state index in [1.807, 2.05) is 29.7 Å². The van der Waals surface area contributed by atoms with Crippen molar-refractivity contribution in [2.45, 2.75) is 45.8 Å². The highest BCUT2D eigenvalue weighted by Crippen LogP contribution is 2.14. The highest BCUT2D eigenvalue weighted by molar-refractivity contribution is 5.75. The van der Waals surface area contributed by atoms with Crippen molar-refractivity contribution in [3.05, 3.63) is 69.7 Å². The summed E-state index contributed by atoms with van der Waals surface area (Å²) in [5, 5.41) is 3.52. The van der Waals surface area contributed by atoms with Crippen LogP contribution in [-0.2, 0) is 13.1 Å². The number of hydrogen-bond donors (Lipinski definition) is 1. The van der Waals surface area contributed by atoms with Gasteiger partial charge in [-0.05, 0) is 69.1 Å². The highest BCUT2D eigenvalue weighted by atomic mass is 19.1. The van der Waals surface area contributed by atoms with Crippen LogP contribution in [0, 0.1) is 19.7 Å². The first-order valence-electron chi connectivity index (χ1n) is 10.5. The van der Waals surface area contributed by atoms with Gasteiger partial charge in [0.15, 0.2) is 0 Å². The number of nitrogens with one attached hydrogen (secondary N) is 1. The molecule has 6 nitrogen and oxygen atoms in total. The number of benzene rings is 1. The van der Waals surface area contributed by atoms with Gasteiger partial charge in [-0.3, -0.25) is 9.78 Å². The maximum absolute atomic E-state index is 13.6. The van der Waals surface area contributed by atoms with Gasteiger partial charge in [-0.2, -0.15) is 0 Å². The summed E-state index contributed by atoms with van der Waals surface area (Å²) in [7, 11) is 0. The van der Waals surface area contributed by atoms with Crippen molar-refractivity contribution in [1.82, 2.24) is 24.8 Å². The number of aromatic nitrogens is 3. The number of hydrogen-bond acceptors (Lipinski definition) is 5. The van der Waals surface area contributed by atoms with Gasteiger partial charge in [0.05, 0.1) is 22.9 Å². The molecule has 158 valence electrons. The van der Waals surface area contributed by atoms with E-state index < -0.39 is 0 Å². The molecule has 1 fully saturated rings. The van der Waals surface area contributed by atoms with E-state index in [1.54, 1.807) is 19.2 Å². The second kappa shape index (κ2) is 9.02. The molecule has 3 aromatic rings. The largest absolute Gasteiger partial charge is 0.310 e. The third-order valence-corrected chi connectivity index (χ3v) is 5.91. The SMILES string of the molecule is Cc1ccc2ncc(=O)n(CCN3CCC(NCc4cnc(C)c(F)c4)CC3)c2c1. The molecule has 0 radical (unpaired) electrons. The van der Waals surface area contributed by atoms with Crippen LogP contribution in [-0.4, -0.2) is 45.1 Å². The van der Waals surface area contributed by atoms with Crippen LogP contribution in [0.3, 0.4) is 0 Å². The number of piperidine rings is 1. The Morgan fingerprint density at radius 2 is 1.90 bits per heavy atom. The predicted molar refractivity (Wildman–Crippen MR) is 116 cm³/mol. The molecule has 0 unspecified atom stereocenters. The number of fused-ring (bicyclic) bond motifs is 1. The lowest BCUT2D eigenvalue weighted by molar-refractivity contribution is 0.191. The minimum Gasteiger partial charge on any atom is -0.310 e. The fourth-order valence-corrected chi connectivity index (χ4v) is 4.01. The number of pyridine rings is 1. The second-order valence-corrected chi connectivity index (χ2v) is 8.15. The van der Waals surface area contributed by atoms with Gasteiger partial charge in [0, 0.05) is 31.9 Å². The monoisotopic (exact) mass is 409 g/mol. The van der Waals surface area contributed by atoms with E-state index in [9.17, 15) is 9.18 Å². The average Bonchev–Trinajstić information content (AvgIpc) is 2.74. The molecule has 1 aliphatic heterocycles. The fourth-order valence-electron chi connectivity index (χ4n) is 4.01. The first-order chi connectivity index (χ1) is 14.5. The minimum atomic E-state index is -0.252. The predicted octanol–water partition coefficient (Wildman–Crippen LogP) is 2.80. The van der Waals surface area contributed by atoms with E-state index in [4.69, 9.17) is 0 Å². The van der Waals surface area contributed by atoms with Crippen LogP contribution in [0.4, 0.5) is 4.39 Å². The Morgan fingerprint density at radius 3 is 2.67 bits per heavy atom. The molecule has 1 saturated heterocycles. The average molecular weight is 410 g/mol. The smallest absolute Gasteiger partial charge is 0.269 e. The number of rotatable bonds is 6. The Bertz CT molecular complexity index is 1090. The van der Waals surface area contributed by atoms with Gasteiger partial charge in [0.25, 0.3) is 5.56 Å². The van der Waals surface area contributed by atoms with Crippen molar-refractivity contribution >= 4 is 11.0 Å². The molecular weight excluding hydrogens is 381 g/mol. The summed E-state index contributed by atoms with van der Waals surface area (Å²) in [5.41, 5.74) is 4.13. The van der Waals surface area contributed by atoms with Gasteiger partial charge >= 0.3 is 0 Å². The molecule has 0 amide bonds. The molecule has 7 heteroatoms. The van der Waals surface area contributed by atoms with Crippen molar-refractivity contribution in [2.24, 2.45) is 0 Å². The Labute approximate surface area is 175 Å². The normalized spacial score (nSPS) is 15.7. The topological polar surface area (TPSA) is 63.1 Å². The van der Waals surface area contributed by atoms with Gasteiger partial charge in [-0.1, -0.05) is 6.07 Å². The Balaban J connectivity index is 1.30. The lowest BCUT2D eigenvalue weighted by Crippen LogP contribution is -2.43. The standard InChI is InChI=1S/C23H28FN5O/c1-16-3-4-21-22(11-16)29(23(30)15-27-21)10-9-28-7-5-19(6-8-28)26-14-18-12-20(24)17(2)25-13-18/h3-4,11-13,15,19,26H,5-10,14H2,1-2H3. The summed E-state index contributed by atoms with van der Waals surface area (Å²) in [6.45, 7) is 7.80. The summed E-state index contributed by atoms with van der Waals surface area (Å²) in [5.74, 6) is -0.252. The maximum Gasteiger partial charge on any atom is 0.269 e. The molecule has 0 aliphatic carbocycles. The first-order valence-corrected chi connectivity index (χ1v) is 10.5. The molecule has 30 heavy (non-hydrogen) atoms. The van der Waals surface area contributed by atoms with Gasteiger partial charge in [-0.15, -0.1) is 0 Å². The van der Waals surface area contributed by atoms with E-state index in [2.05, 4.69) is 20.2 Å². The molecular formula is C23H28FN5O. The van der Waals surface area contributed by atoms with Crippen LogP contribution < -0.4 is 10.9 Å². The molecule has 0 bridgehead atoms. The van der Waals surface area contributed by atoms with E-state index in [1.165, 1.54) is 6.20 Å². The quantitative estimate of drug-likeness (QED) is 0.678. The van der Waals surface area contributed by atoms with Gasteiger partial charge in [0.2, 0.25) is 0 Å². The van der Waals surface area contributed by atoms with Crippen LogP contribution in [0.2, 0.25) is 0 Å². The Kier molecular flexibility index (Phi) is 6.20. The fraction of sp³-hybridized carbons (Fsp3) is 0.435. The van der Waals surface area contributed by atoms with E-state index >= 15 is 0 Å². The van der Waals surface area contributed by atoms with Crippen LogP contribution in [0.5, 0.6) is 0 Å². The summed E-state index contributed by atoms with van der Waals surface area (Å²) in [6, 6.07) is 7.99. The van der Waals surface area contributed by atoms with Gasteiger partial charge in [0.1, 0.15) is 5.82 Å². The maximum atomic E-state index is 13.6. The first kappa shape index (κ1) is 20.6. The van der Waals surface area contributed by atoms with Crippen molar-refractivity contribution < 1.29 is 4.39 Å². The molecule has 1 aromatic carbocycles. The zero-order valence-corrected chi connectivity index (χ0v) is 17.6. The number of aryl methyl sites for hydroxylation is 2. The van der Waals surface area contributed by atoms with Gasteiger partial charge in [-0.25, -0.2) is 9.37 Å². The molecule has 0 atom stereocenters. The molecule has 1 aliphatic rings. The minimum absolute atomic E-state index is 0.0522. The third-order valence-electron chi connectivity index (χ3n) is 5.91. The van der Waals surface area contributed by atoms with E-state index in [0.717, 1.165) is 54.6 Å². The molecule has 4 rings (SSSR count). The van der Waals surface area contributed by atoms with Gasteiger partial charge < -0.3 is 14.8 Å². The summed E-state index contributed by atoms with van der Waals surface area (Å²) < 4.78 is 15.5. The molecule has 1 N–H and O–H groups in total. The summed E-state index contributed by atoms with van der Waals surface area (Å²) in [6.07, 6.45) is 5.22. The van der Waals surface area contributed by atoms with Crippen molar-refractivity contribution in [3.63, 3.8) is 0 Å². The summed E-state index contributed by atoms with van der Waals surface area (Å²) >= 11 is 0. The number of halogens is 1. The van der Waals surface area contributed by atoms with Crippen LogP contribution in [0.15, 0.2) is 41.5 Å². The van der Waals surface area contributed by atoms with E-state index in [0.29, 0.717) is 24.8 Å². The highest BCUT2D eigenvalue weighted by Gasteiger charge is 2.19. The van der Waals surface area contributed by atoms with Crippen molar-refractivity contribution in [3.8, 4) is 0 Å². The van der Waals surface area contributed by atoms with Crippen LogP contribution in [0.25, 0.3) is 11.0 Å². The number of nitrogens with zero attached hydrogens (tertiary/aromatic N) is 4. The molecule has 0 spiro atoms. The van der Waals surface area contributed by atoms with Crippen LogP contribution in [0.1, 0.15) is 29.7 Å². The van der Waals surface area contributed by atoms with Crippen molar-refractivity contribution in [2.75, 3.05) is 19.6 Å². The lowest BCUT2D eigenvalue weighted by Gasteiger charge is -2.32. The Morgan fingerprint density at radius 1 is 1.10 bits per heavy atom. The second-order valence-electron chi connectivity index (χ2n) is 8.15. The lowest BCUT2D eigenvalue weighted by atomic mass is 10.0. The third kappa shape index (κ3) is 4.74. The number of likely N-dealkylation sites (tertiary alicyclic amines) is 1. The summed E-state index contributed by atoms with van der Waals surface area (Å²) in [4.78, 5) is 23.1. The van der Waals surface area contributed by atoms with E-state index in [-0.39, 0.29) is 11.4 Å². The molecule has 3 heterocycles. The van der Waals surface area contributed by atoms with Crippen LogP contribution >= 0.6 is 0 Å². The zero-order valence-electron chi connectivity index (χ0n) is 17.6. The van der Waals surface area contributed by atoms with Crippen molar-refractivity contribution in [1.29, 1.82) is 0 Å².